The van der Waals surface area contributed by atoms with Gasteiger partial charge < -0.3 is 19.9 Å². The average Bonchev–Trinajstić information content (AvgIpc) is 3.03. The third kappa shape index (κ3) is 4.25. The Morgan fingerprint density at radius 1 is 1.42 bits per heavy atom. The molecule has 1 aromatic heterocycles. The lowest BCUT2D eigenvalue weighted by atomic mass is 10.2. The van der Waals surface area contributed by atoms with E-state index in [9.17, 15) is 15.2 Å². The number of aromatic amines is 1. The fourth-order valence-corrected chi connectivity index (χ4v) is 1.78. The van der Waals surface area contributed by atoms with Crippen molar-refractivity contribution in [3.63, 3.8) is 0 Å². The first-order valence-corrected chi connectivity index (χ1v) is 6.66. The largest absolute Gasteiger partial charge is 0.744 e. The zero-order chi connectivity index (χ0) is 17.5. The first kappa shape index (κ1) is 16.9. The number of nitrogens with one attached hydrogen (secondary N) is 2. The van der Waals surface area contributed by atoms with Gasteiger partial charge in [-0.05, 0) is 23.8 Å². The van der Waals surface area contributed by atoms with E-state index in [1.807, 2.05) is 0 Å². The van der Waals surface area contributed by atoms with Gasteiger partial charge in [-0.3, -0.25) is 9.70 Å². The number of ether oxygens (including phenoxy) is 2. The Kier molecular flexibility index (Phi) is 5.39. The molecule has 0 aliphatic heterocycles. The maximum absolute atomic E-state index is 11.7. The van der Waals surface area contributed by atoms with Gasteiger partial charge in [-0.15, -0.1) is 0 Å². The van der Waals surface area contributed by atoms with Crippen LogP contribution >= 0.6 is 0 Å². The Bertz CT molecular complexity index is 805. The fraction of sp³-hybridized carbons (Fsp3) is 0.231. The van der Waals surface area contributed by atoms with Crippen molar-refractivity contribution in [2.75, 3.05) is 14.2 Å². The molecule has 0 saturated heterocycles. The molecule has 24 heavy (non-hydrogen) atoms. The van der Waals surface area contributed by atoms with Crippen molar-refractivity contribution in [2.24, 2.45) is 5.10 Å². The van der Waals surface area contributed by atoms with Crippen LogP contribution in [0.5, 0.6) is 11.5 Å². The van der Waals surface area contributed by atoms with Crippen molar-refractivity contribution in [1.82, 2.24) is 25.1 Å². The number of H-pyrrole nitrogens is 1. The summed E-state index contributed by atoms with van der Waals surface area (Å²) in [7, 11) is 3.05. The number of benzene rings is 1. The van der Waals surface area contributed by atoms with Gasteiger partial charge in [0.1, 0.15) is 6.54 Å². The number of hydrazone groups is 1. The lowest BCUT2D eigenvalue weighted by Gasteiger charge is -2.08. The second-order valence-corrected chi connectivity index (χ2v) is 4.47. The highest BCUT2D eigenvalue weighted by Crippen LogP contribution is 2.26. The van der Waals surface area contributed by atoms with Crippen molar-refractivity contribution < 1.29 is 14.3 Å². The number of methoxy groups -OCH3 is 2. The van der Waals surface area contributed by atoms with E-state index in [1.165, 1.54) is 25.1 Å². The minimum absolute atomic E-state index is 0.190. The topological polar surface area (TPSA) is 143 Å². The van der Waals surface area contributed by atoms with E-state index in [2.05, 4.69) is 20.6 Å². The summed E-state index contributed by atoms with van der Waals surface area (Å²) in [5, 5.41) is 27.1. The Balaban J connectivity index is 1.95. The molecule has 11 heteroatoms. The molecule has 11 nitrogen and oxygen atoms in total. The van der Waals surface area contributed by atoms with Crippen LogP contribution in [0.3, 0.4) is 0 Å². The van der Waals surface area contributed by atoms with E-state index < -0.39 is 16.4 Å². The van der Waals surface area contributed by atoms with Crippen LogP contribution in [-0.2, 0) is 11.3 Å². The van der Waals surface area contributed by atoms with E-state index in [0.29, 0.717) is 17.1 Å². The number of amides is 1. The van der Waals surface area contributed by atoms with E-state index >= 15 is 0 Å². The summed E-state index contributed by atoms with van der Waals surface area (Å²) in [5.41, 5.74) is 2.55. The summed E-state index contributed by atoms with van der Waals surface area (Å²) in [6.07, 6.45) is 2.58. The quantitative estimate of drug-likeness (QED) is 0.520. The second-order valence-electron chi connectivity index (χ2n) is 4.47. The lowest BCUT2D eigenvalue weighted by molar-refractivity contribution is -0.121. The summed E-state index contributed by atoms with van der Waals surface area (Å²) >= 11 is 0. The molecule has 1 aromatic carbocycles. The van der Waals surface area contributed by atoms with Crippen LogP contribution in [0.2, 0.25) is 0 Å². The molecular weight excluding hydrogens is 320 g/mol. The Hall–Kier alpha value is -3.50. The molecule has 1 heterocycles. The van der Waals surface area contributed by atoms with Crippen molar-refractivity contribution in [2.45, 2.75) is 6.54 Å². The number of aromatic nitrogens is 3. The third-order valence-corrected chi connectivity index (χ3v) is 2.86. The number of nitrogens with zero attached hydrogens (tertiary/aromatic N) is 4. The van der Waals surface area contributed by atoms with Crippen molar-refractivity contribution in [1.29, 1.82) is 0 Å². The Labute approximate surface area is 136 Å². The first-order chi connectivity index (χ1) is 11.5. The Morgan fingerprint density at radius 3 is 2.79 bits per heavy atom. The summed E-state index contributed by atoms with van der Waals surface area (Å²) in [5.74, 6) is 0.638. The third-order valence-electron chi connectivity index (χ3n) is 2.86. The van der Waals surface area contributed by atoms with Gasteiger partial charge in [0.15, 0.2) is 11.5 Å². The molecule has 0 bridgehead atoms. The van der Waals surface area contributed by atoms with Crippen LogP contribution in [0.15, 0.2) is 29.6 Å². The summed E-state index contributed by atoms with van der Waals surface area (Å²) in [6, 6.07) is 5.15. The van der Waals surface area contributed by atoms with Crippen LogP contribution in [-0.4, -0.2) is 41.1 Å². The highest BCUT2D eigenvalue weighted by Gasteiger charge is 2.06. The van der Waals surface area contributed by atoms with Crippen LogP contribution in [0.25, 0.3) is 0 Å². The molecular formula is C13H15N6O5-. The van der Waals surface area contributed by atoms with Crippen LogP contribution in [0.1, 0.15) is 5.56 Å². The van der Waals surface area contributed by atoms with Crippen molar-refractivity contribution >= 4 is 12.1 Å². The van der Waals surface area contributed by atoms with E-state index in [1.54, 1.807) is 18.2 Å². The predicted molar refractivity (Wildman–Crippen MR) is 83.9 cm³/mol. The van der Waals surface area contributed by atoms with E-state index in [0.717, 1.165) is 6.33 Å². The standard InChI is InChI=1S/C13H15N6O5/c1-23-10-4-3-9(5-11(10)24-2)6-15-16-12(20)7-18-8-14-13(17-18)19(21)22/h3-6,8,17H,7H2,1-2H3,(H-,16,20,21,22)/q-1/b15-6+. The molecule has 0 radical (unpaired) electrons. The van der Waals surface area contributed by atoms with Crippen LogP contribution in [0.4, 0.5) is 0 Å². The predicted octanol–water partition coefficient (Wildman–Crippen LogP) is -0.853. The summed E-state index contributed by atoms with van der Waals surface area (Å²) in [4.78, 5) is 14.5. The van der Waals surface area contributed by atoms with Gasteiger partial charge in [0.05, 0.1) is 20.4 Å². The van der Waals surface area contributed by atoms with Crippen LogP contribution < -0.4 is 25.4 Å². The summed E-state index contributed by atoms with van der Waals surface area (Å²) < 4.78 is 11.4. The number of hydrogen-bond donors (Lipinski definition) is 2. The number of carbonyl (C=O) groups excluding carboxylic acids is 1. The van der Waals surface area contributed by atoms with Gasteiger partial charge in [-0.1, -0.05) is 4.98 Å². The molecule has 2 aromatic rings. The number of rotatable bonds is 6. The van der Waals surface area contributed by atoms with Gasteiger partial charge in [-0.25, -0.2) is 10.1 Å². The minimum Gasteiger partial charge on any atom is -0.744 e. The molecule has 0 aliphatic carbocycles. The maximum atomic E-state index is 11.7. The van der Waals surface area contributed by atoms with E-state index in [4.69, 9.17) is 9.47 Å². The van der Waals surface area contributed by atoms with E-state index in [-0.39, 0.29) is 6.54 Å². The minimum atomic E-state index is -0.691. The normalized spacial score (nSPS) is 10.6. The molecule has 0 atom stereocenters. The molecule has 2 rings (SSSR count). The molecule has 0 unspecified atom stereocenters. The van der Waals surface area contributed by atoms with Crippen molar-refractivity contribution in [3.05, 3.63) is 46.1 Å². The molecule has 2 N–H and O–H groups in total. The molecule has 0 aliphatic rings. The second kappa shape index (κ2) is 7.67. The molecule has 0 spiro atoms. The van der Waals surface area contributed by atoms with Gasteiger partial charge in [0.25, 0.3) is 5.91 Å². The molecule has 128 valence electrons. The van der Waals surface area contributed by atoms with Crippen LogP contribution in [0, 0.1) is 10.4 Å². The van der Waals surface area contributed by atoms with Crippen molar-refractivity contribution in [3.8, 4) is 11.5 Å². The lowest BCUT2D eigenvalue weighted by Crippen LogP contribution is -2.26. The fourth-order valence-electron chi connectivity index (χ4n) is 1.78. The smallest absolute Gasteiger partial charge is 0.411 e. The van der Waals surface area contributed by atoms with Gasteiger partial charge in [0, 0.05) is 0 Å². The number of carbonyl (C=O) groups is 1. The highest BCUT2D eigenvalue weighted by molar-refractivity contribution is 5.83. The monoisotopic (exact) mass is 335 g/mol. The van der Waals surface area contributed by atoms with Gasteiger partial charge in [0.2, 0.25) is 6.33 Å². The Morgan fingerprint density at radius 2 is 2.17 bits per heavy atom. The number of hydrogen-bond acceptors (Lipinski definition) is 7. The SMILES string of the molecule is COc1ccc(/C=N/NC(=O)Cn2cnc(=[N+]([O-])[O-])[nH]2)cc1OC. The molecule has 0 fully saturated rings. The molecule has 0 saturated carbocycles. The van der Waals surface area contributed by atoms with Gasteiger partial charge in [-0.2, -0.15) is 10.2 Å². The molecule has 1 amide bonds. The highest BCUT2D eigenvalue weighted by atomic mass is 16.8. The first-order valence-electron chi connectivity index (χ1n) is 6.66. The maximum Gasteiger partial charge on any atom is 0.411 e. The zero-order valence-electron chi connectivity index (χ0n) is 12.9. The van der Waals surface area contributed by atoms with Gasteiger partial charge >= 0.3 is 5.62 Å². The average molecular weight is 335 g/mol. The zero-order valence-corrected chi connectivity index (χ0v) is 12.9. The summed E-state index contributed by atoms with van der Waals surface area (Å²) in [6.45, 7) is -0.190.